The highest BCUT2D eigenvalue weighted by Crippen LogP contribution is 2.44. The lowest BCUT2D eigenvalue weighted by atomic mass is 10.0. The number of benzene rings is 1. The predicted molar refractivity (Wildman–Crippen MR) is 49.0 cm³/mol. The Morgan fingerprint density at radius 3 is 1.59 bits per heavy atom. The Morgan fingerprint density at radius 1 is 0.909 bits per heavy atom. The molecule has 0 aliphatic heterocycles. The fraction of sp³-hybridized carbons (Fsp3) is 0.300. The maximum atomic E-state index is 13.1. The van der Waals surface area contributed by atoms with Crippen LogP contribution in [0.1, 0.15) is 0 Å². The standard InChI is InChI=1S/C10H3F9O3/c11-3-1-4(12)6(5(13)2-3)22-7(20)8(21,9(14,15)16)10(17,18)19/h1-2,21H. The molecule has 1 N–H and O–H groups in total. The summed E-state index contributed by atoms with van der Waals surface area (Å²) in [6, 6.07) is -0.322. The maximum Gasteiger partial charge on any atom is 0.437 e. The van der Waals surface area contributed by atoms with E-state index in [9.17, 15) is 44.3 Å². The van der Waals surface area contributed by atoms with E-state index in [4.69, 9.17) is 5.11 Å². The lowest BCUT2D eigenvalue weighted by Gasteiger charge is -2.29. The van der Waals surface area contributed by atoms with Crippen LogP contribution >= 0.6 is 0 Å². The molecular formula is C10H3F9O3. The van der Waals surface area contributed by atoms with Crippen LogP contribution in [0.3, 0.4) is 0 Å². The molecule has 3 nitrogen and oxygen atoms in total. The molecule has 0 fully saturated rings. The van der Waals surface area contributed by atoms with Crippen LogP contribution in [0, 0.1) is 17.5 Å². The highest BCUT2D eigenvalue weighted by Gasteiger charge is 2.77. The van der Waals surface area contributed by atoms with Gasteiger partial charge in [0.15, 0.2) is 11.6 Å². The SMILES string of the molecule is O=C(Oc1c(F)cc(F)cc1F)C(O)(C(F)(F)F)C(F)(F)F. The lowest BCUT2D eigenvalue weighted by molar-refractivity contribution is -0.354. The fourth-order valence-electron chi connectivity index (χ4n) is 1.19. The van der Waals surface area contributed by atoms with E-state index in [0.29, 0.717) is 0 Å². The number of esters is 1. The Morgan fingerprint density at radius 2 is 1.27 bits per heavy atom. The molecule has 0 heterocycles. The van der Waals surface area contributed by atoms with Gasteiger partial charge in [0.05, 0.1) is 0 Å². The molecule has 0 atom stereocenters. The minimum absolute atomic E-state index is 0.161. The monoisotopic (exact) mass is 342 g/mol. The number of halogens is 9. The molecule has 0 unspecified atom stereocenters. The van der Waals surface area contributed by atoms with Crippen LogP contribution in [0.15, 0.2) is 12.1 Å². The van der Waals surface area contributed by atoms with Gasteiger partial charge in [-0.05, 0) is 0 Å². The summed E-state index contributed by atoms with van der Waals surface area (Å²) in [5.41, 5.74) is -6.02. The van der Waals surface area contributed by atoms with Crippen molar-refractivity contribution in [3.05, 3.63) is 29.6 Å². The molecule has 0 aliphatic carbocycles. The topological polar surface area (TPSA) is 46.5 Å². The second kappa shape index (κ2) is 5.34. The van der Waals surface area contributed by atoms with Gasteiger partial charge in [-0.3, -0.25) is 0 Å². The number of rotatable bonds is 2. The Bertz CT molecular complexity index is 553. The van der Waals surface area contributed by atoms with E-state index in [2.05, 4.69) is 4.74 Å². The lowest BCUT2D eigenvalue weighted by Crippen LogP contribution is -2.63. The highest BCUT2D eigenvalue weighted by atomic mass is 19.4. The van der Waals surface area contributed by atoms with Crippen molar-refractivity contribution in [3.8, 4) is 5.75 Å². The molecule has 1 aromatic rings. The van der Waals surface area contributed by atoms with E-state index in [1.54, 1.807) is 0 Å². The van der Waals surface area contributed by atoms with Crippen LogP contribution in [-0.4, -0.2) is 29.0 Å². The molecule has 0 saturated heterocycles. The van der Waals surface area contributed by atoms with E-state index < -0.39 is 47.1 Å². The normalized spacial score (nSPS) is 13.2. The van der Waals surface area contributed by atoms with Gasteiger partial charge < -0.3 is 9.84 Å². The summed E-state index contributed by atoms with van der Waals surface area (Å²) in [4.78, 5) is 11.0. The van der Waals surface area contributed by atoms with Crippen LogP contribution in [0.4, 0.5) is 39.5 Å². The van der Waals surface area contributed by atoms with Crippen molar-refractivity contribution in [2.24, 2.45) is 0 Å². The molecule has 12 heteroatoms. The predicted octanol–water partition coefficient (Wildman–Crippen LogP) is 2.86. The van der Waals surface area contributed by atoms with Gasteiger partial charge in [0, 0.05) is 12.1 Å². The van der Waals surface area contributed by atoms with E-state index in [-0.39, 0.29) is 12.1 Å². The van der Waals surface area contributed by atoms with Crippen molar-refractivity contribution in [2.45, 2.75) is 18.0 Å². The van der Waals surface area contributed by atoms with Crippen molar-refractivity contribution < 1.29 is 54.2 Å². The second-order valence-electron chi connectivity index (χ2n) is 3.79. The molecule has 0 amide bonds. The minimum atomic E-state index is -6.59. The van der Waals surface area contributed by atoms with Crippen LogP contribution < -0.4 is 4.74 Å². The first-order chi connectivity index (χ1) is 9.71. The third-order valence-corrected chi connectivity index (χ3v) is 2.27. The summed E-state index contributed by atoms with van der Waals surface area (Å²) in [6.07, 6.45) is -13.2. The van der Waals surface area contributed by atoms with Crippen LogP contribution in [-0.2, 0) is 4.79 Å². The molecule has 0 radical (unpaired) electrons. The number of aliphatic hydroxyl groups is 1. The zero-order chi connectivity index (χ0) is 17.5. The van der Waals surface area contributed by atoms with E-state index in [1.807, 2.05) is 0 Å². The van der Waals surface area contributed by atoms with Gasteiger partial charge in [0.2, 0.25) is 5.75 Å². The zero-order valence-corrected chi connectivity index (χ0v) is 9.82. The van der Waals surface area contributed by atoms with Crippen LogP contribution in [0.25, 0.3) is 0 Å². The van der Waals surface area contributed by atoms with E-state index in [0.717, 1.165) is 0 Å². The minimum Gasteiger partial charge on any atom is -0.418 e. The third-order valence-electron chi connectivity index (χ3n) is 2.27. The Balaban J connectivity index is 3.31. The van der Waals surface area contributed by atoms with E-state index >= 15 is 0 Å². The molecule has 1 rings (SSSR count). The number of alkyl halides is 6. The Hall–Kier alpha value is -1.98. The fourth-order valence-corrected chi connectivity index (χ4v) is 1.19. The van der Waals surface area contributed by atoms with Crippen molar-refractivity contribution in [1.82, 2.24) is 0 Å². The molecule has 0 bridgehead atoms. The maximum absolute atomic E-state index is 13.1. The molecule has 124 valence electrons. The number of ether oxygens (including phenoxy) is 1. The molecule has 0 aromatic heterocycles. The first-order valence-corrected chi connectivity index (χ1v) is 4.94. The number of hydrogen-bond acceptors (Lipinski definition) is 3. The second-order valence-corrected chi connectivity index (χ2v) is 3.79. The zero-order valence-electron chi connectivity index (χ0n) is 9.82. The summed E-state index contributed by atoms with van der Waals surface area (Å²) >= 11 is 0. The largest absolute Gasteiger partial charge is 0.437 e. The summed E-state index contributed by atoms with van der Waals surface area (Å²) in [6.45, 7) is 0. The number of hydrogen-bond donors (Lipinski definition) is 1. The van der Waals surface area contributed by atoms with Gasteiger partial charge in [0.1, 0.15) is 5.82 Å². The average Bonchev–Trinajstić information content (AvgIpc) is 2.29. The summed E-state index contributed by atoms with van der Waals surface area (Å²) < 4.78 is 116. The molecule has 0 spiro atoms. The summed E-state index contributed by atoms with van der Waals surface area (Å²) in [5.74, 6) is -11.2. The third kappa shape index (κ3) is 2.96. The first-order valence-electron chi connectivity index (χ1n) is 4.94. The van der Waals surface area contributed by atoms with Gasteiger partial charge in [0.25, 0.3) is 0 Å². The number of carbonyl (C=O) groups is 1. The molecule has 0 aliphatic rings. The van der Waals surface area contributed by atoms with E-state index in [1.165, 1.54) is 0 Å². The van der Waals surface area contributed by atoms with Crippen LogP contribution in [0.2, 0.25) is 0 Å². The Labute approximate surface area is 114 Å². The average molecular weight is 342 g/mol. The summed E-state index contributed by atoms with van der Waals surface area (Å²) in [5, 5.41) is 8.61. The summed E-state index contributed by atoms with van der Waals surface area (Å²) in [7, 11) is 0. The smallest absolute Gasteiger partial charge is 0.418 e. The van der Waals surface area contributed by atoms with Gasteiger partial charge >= 0.3 is 23.9 Å². The van der Waals surface area contributed by atoms with Gasteiger partial charge in [-0.25, -0.2) is 18.0 Å². The molecule has 22 heavy (non-hydrogen) atoms. The van der Waals surface area contributed by atoms with Crippen molar-refractivity contribution >= 4 is 5.97 Å². The number of carbonyl (C=O) groups excluding carboxylic acids is 1. The van der Waals surface area contributed by atoms with Crippen molar-refractivity contribution in [1.29, 1.82) is 0 Å². The highest BCUT2D eigenvalue weighted by molar-refractivity contribution is 5.83. The molecule has 1 aromatic carbocycles. The molecule has 0 saturated carbocycles. The van der Waals surface area contributed by atoms with Crippen LogP contribution in [0.5, 0.6) is 5.75 Å². The van der Waals surface area contributed by atoms with Gasteiger partial charge in [-0.1, -0.05) is 0 Å². The van der Waals surface area contributed by atoms with Crippen molar-refractivity contribution in [3.63, 3.8) is 0 Å². The molecular weight excluding hydrogens is 339 g/mol. The van der Waals surface area contributed by atoms with Gasteiger partial charge in [-0.2, -0.15) is 26.3 Å². The Kier molecular flexibility index (Phi) is 4.38. The quantitative estimate of drug-likeness (QED) is 0.511. The van der Waals surface area contributed by atoms with Crippen molar-refractivity contribution in [2.75, 3.05) is 0 Å². The first kappa shape index (κ1) is 18.1. The van der Waals surface area contributed by atoms with Gasteiger partial charge in [-0.15, -0.1) is 0 Å².